The second-order valence-corrected chi connectivity index (χ2v) is 6.52. The number of anilines is 2. The van der Waals surface area contributed by atoms with Gasteiger partial charge in [0, 0.05) is 31.0 Å². The molecular formula is C22H31ClN3O2-. The molecule has 2 aromatic carbocycles. The maximum Gasteiger partial charge on any atom is 0.319 e. The van der Waals surface area contributed by atoms with Crippen LogP contribution in [-0.2, 0) is 0 Å². The number of carbonyl (C=O) groups is 1. The number of hydrogen-bond acceptors (Lipinski definition) is 3. The molecule has 2 amide bonds. The summed E-state index contributed by atoms with van der Waals surface area (Å²) in [7, 11) is 0. The predicted molar refractivity (Wildman–Crippen MR) is 113 cm³/mol. The average molecular weight is 405 g/mol. The van der Waals surface area contributed by atoms with Gasteiger partial charge < -0.3 is 32.7 Å². The summed E-state index contributed by atoms with van der Waals surface area (Å²) in [5.74, 6) is 0.894. The SMILES string of the molecule is CCN(CC)c1ccc(NC(=O)NCCCOc2ccccc2C)c(C)c1.[Cl-]. The molecule has 0 fully saturated rings. The summed E-state index contributed by atoms with van der Waals surface area (Å²) in [5.41, 5.74) is 4.18. The number of halogens is 1. The molecule has 28 heavy (non-hydrogen) atoms. The van der Waals surface area contributed by atoms with Gasteiger partial charge in [0.25, 0.3) is 0 Å². The van der Waals surface area contributed by atoms with E-state index in [2.05, 4.69) is 35.4 Å². The molecule has 0 heterocycles. The molecule has 0 bridgehead atoms. The quantitative estimate of drug-likeness (QED) is 0.626. The molecule has 0 aliphatic rings. The third-order valence-corrected chi connectivity index (χ3v) is 4.54. The van der Waals surface area contributed by atoms with Crippen LogP contribution < -0.4 is 32.7 Å². The molecule has 2 N–H and O–H groups in total. The molecule has 0 saturated heterocycles. The maximum absolute atomic E-state index is 12.1. The van der Waals surface area contributed by atoms with Gasteiger partial charge >= 0.3 is 6.03 Å². The number of benzene rings is 2. The van der Waals surface area contributed by atoms with E-state index in [1.165, 1.54) is 5.69 Å². The van der Waals surface area contributed by atoms with Crippen molar-refractivity contribution in [2.24, 2.45) is 0 Å². The Morgan fingerprint density at radius 1 is 1.04 bits per heavy atom. The number of nitrogens with one attached hydrogen (secondary N) is 2. The van der Waals surface area contributed by atoms with Gasteiger partial charge in [-0.2, -0.15) is 0 Å². The van der Waals surface area contributed by atoms with Crippen molar-refractivity contribution in [1.82, 2.24) is 5.32 Å². The lowest BCUT2D eigenvalue weighted by Gasteiger charge is -2.22. The molecule has 2 rings (SSSR count). The van der Waals surface area contributed by atoms with Crippen molar-refractivity contribution in [3.05, 3.63) is 53.6 Å². The van der Waals surface area contributed by atoms with Crippen LogP contribution >= 0.6 is 0 Å². The Kier molecular flexibility index (Phi) is 10.2. The fourth-order valence-corrected chi connectivity index (χ4v) is 2.91. The molecular weight excluding hydrogens is 374 g/mol. The van der Waals surface area contributed by atoms with Crippen LogP contribution in [0.5, 0.6) is 5.75 Å². The lowest BCUT2D eigenvalue weighted by atomic mass is 10.1. The van der Waals surface area contributed by atoms with E-state index in [1.807, 2.05) is 50.2 Å². The number of urea groups is 1. The van der Waals surface area contributed by atoms with Gasteiger partial charge in [-0.25, -0.2) is 4.79 Å². The molecule has 0 aliphatic heterocycles. The van der Waals surface area contributed by atoms with Crippen molar-refractivity contribution in [2.45, 2.75) is 34.1 Å². The monoisotopic (exact) mass is 404 g/mol. The maximum atomic E-state index is 12.1. The fraction of sp³-hybridized carbons (Fsp3) is 0.409. The molecule has 0 unspecified atom stereocenters. The van der Waals surface area contributed by atoms with Crippen LogP contribution in [0.4, 0.5) is 16.2 Å². The van der Waals surface area contributed by atoms with Crippen LogP contribution in [0.3, 0.4) is 0 Å². The van der Waals surface area contributed by atoms with E-state index in [0.717, 1.165) is 42.1 Å². The Hall–Kier alpha value is -2.40. The number of amides is 2. The van der Waals surface area contributed by atoms with Gasteiger partial charge in [0.1, 0.15) is 5.75 Å². The van der Waals surface area contributed by atoms with Crippen molar-refractivity contribution < 1.29 is 21.9 Å². The van der Waals surface area contributed by atoms with Crippen molar-refractivity contribution >= 4 is 17.4 Å². The van der Waals surface area contributed by atoms with Gasteiger partial charge in [-0.3, -0.25) is 0 Å². The highest BCUT2D eigenvalue weighted by Gasteiger charge is 2.07. The summed E-state index contributed by atoms with van der Waals surface area (Å²) in [5, 5.41) is 5.80. The molecule has 6 heteroatoms. The molecule has 0 aliphatic carbocycles. The largest absolute Gasteiger partial charge is 1.00 e. The van der Waals surface area contributed by atoms with Crippen molar-refractivity contribution in [2.75, 3.05) is 36.5 Å². The highest BCUT2D eigenvalue weighted by atomic mass is 35.5. The van der Waals surface area contributed by atoms with Crippen LogP contribution in [0.2, 0.25) is 0 Å². The number of carbonyl (C=O) groups excluding carboxylic acids is 1. The van der Waals surface area contributed by atoms with E-state index >= 15 is 0 Å². The topological polar surface area (TPSA) is 53.6 Å². The Labute approximate surface area is 174 Å². The number of para-hydroxylation sites is 1. The zero-order valence-electron chi connectivity index (χ0n) is 17.2. The minimum absolute atomic E-state index is 0. The molecule has 0 spiro atoms. The first kappa shape index (κ1) is 23.6. The second-order valence-electron chi connectivity index (χ2n) is 6.52. The molecule has 0 aromatic heterocycles. The summed E-state index contributed by atoms with van der Waals surface area (Å²) in [6.07, 6.45) is 0.752. The number of hydrogen-bond donors (Lipinski definition) is 2. The van der Waals surface area contributed by atoms with E-state index in [4.69, 9.17) is 4.74 Å². The van der Waals surface area contributed by atoms with Crippen LogP contribution in [0.1, 0.15) is 31.4 Å². The molecule has 0 radical (unpaired) electrons. The third kappa shape index (κ3) is 6.97. The van der Waals surface area contributed by atoms with Crippen molar-refractivity contribution in [3.63, 3.8) is 0 Å². The van der Waals surface area contributed by atoms with E-state index in [-0.39, 0.29) is 18.4 Å². The van der Waals surface area contributed by atoms with Gasteiger partial charge in [-0.1, -0.05) is 18.2 Å². The van der Waals surface area contributed by atoms with Gasteiger partial charge in [0.15, 0.2) is 0 Å². The highest BCUT2D eigenvalue weighted by Crippen LogP contribution is 2.22. The van der Waals surface area contributed by atoms with Crippen molar-refractivity contribution in [3.8, 4) is 5.75 Å². The first-order chi connectivity index (χ1) is 13.0. The minimum Gasteiger partial charge on any atom is -1.00 e. The lowest BCUT2D eigenvalue weighted by Crippen LogP contribution is -3.00. The van der Waals surface area contributed by atoms with Crippen molar-refractivity contribution in [1.29, 1.82) is 0 Å². The number of aryl methyl sites for hydroxylation is 2. The van der Waals surface area contributed by atoms with Gasteiger partial charge in [0.05, 0.1) is 6.61 Å². The zero-order valence-corrected chi connectivity index (χ0v) is 18.0. The van der Waals surface area contributed by atoms with Gasteiger partial charge in [0.2, 0.25) is 0 Å². The normalized spacial score (nSPS) is 10.0. The minimum atomic E-state index is -0.190. The summed E-state index contributed by atoms with van der Waals surface area (Å²) < 4.78 is 5.74. The van der Waals surface area contributed by atoms with E-state index in [0.29, 0.717) is 13.2 Å². The summed E-state index contributed by atoms with van der Waals surface area (Å²) in [6.45, 7) is 11.4. The first-order valence-corrected chi connectivity index (χ1v) is 9.64. The van der Waals surface area contributed by atoms with E-state index < -0.39 is 0 Å². The van der Waals surface area contributed by atoms with Gasteiger partial charge in [-0.05, 0) is 69.5 Å². The molecule has 5 nitrogen and oxygen atoms in total. The molecule has 0 saturated carbocycles. The number of nitrogens with zero attached hydrogens (tertiary/aromatic N) is 1. The Balaban J connectivity index is 0.00000392. The number of rotatable bonds is 9. The van der Waals surface area contributed by atoms with Crippen LogP contribution in [0.15, 0.2) is 42.5 Å². The van der Waals surface area contributed by atoms with E-state index in [9.17, 15) is 4.79 Å². The Morgan fingerprint density at radius 3 is 2.39 bits per heavy atom. The lowest BCUT2D eigenvalue weighted by molar-refractivity contribution is -0.00000937. The zero-order chi connectivity index (χ0) is 19.6. The summed E-state index contributed by atoms with van der Waals surface area (Å²) in [6, 6.07) is 13.9. The fourth-order valence-electron chi connectivity index (χ4n) is 2.91. The molecule has 0 atom stereocenters. The number of ether oxygens (including phenoxy) is 1. The average Bonchev–Trinajstić information content (AvgIpc) is 2.66. The molecule has 2 aromatic rings. The predicted octanol–water partition coefficient (Wildman–Crippen LogP) is 1.74. The van der Waals surface area contributed by atoms with E-state index in [1.54, 1.807) is 0 Å². The molecule has 154 valence electrons. The Morgan fingerprint density at radius 2 is 1.75 bits per heavy atom. The Bertz CT molecular complexity index is 748. The smallest absolute Gasteiger partial charge is 0.319 e. The van der Waals surface area contributed by atoms with Gasteiger partial charge in [-0.15, -0.1) is 0 Å². The van der Waals surface area contributed by atoms with Crippen LogP contribution in [0, 0.1) is 13.8 Å². The first-order valence-electron chi connectivity index (χ1n) is 9.64. The second kappa shape index (κ2) is 12.1. The van der Waals surface area contributed by atoms with Crippen LogP contribution in [0.25, 0.3) is 0 Å². The summed E-state index contributed by atoms with van der Waals surface area (Å²) >= 11 is 0. The highest BCUT2D eigenvalue weighted by molar-refractivity contribution is 5.90. The summed E-state index contributed by atoms with van der Waals surface area (Å²) in [4.78, 5) is 14.4. The van der Waals surface area contributed by atoms with Crippen LogP contribution in [-0.4, -0.2) is 32.3 Å². The standard InChI is InChI=1S/C22H31N3O2.ClH/c1-5-25(6-2)19-12-13-20(18(4)16-19)24-22(26)23-14-9-15-27-21-11-8-7-10-17(21)3;/h7-8,10-13,16H,5-6,9,14-15H2,1-4H3,(H2,23,24,26);1H/p-1. The third-order valence-electron chi connectivity index (χ3n) is 4.54.